The van der Waals surface area contributed by atoms with E-state index >= 15 is 0 Å². The number of nitrogens with two attached hydrogens (primary N) is 1. The first-order valence-electron chi connectivity index (χ1n) is 3.79. The molecule has 2 nitrogen and oxygen atoms in total. The molecule has 0 spiro atoms. The molecule has 1 aromatic carbocycles. The van der Waals surface area contributed by atoms with Gasteiger partial charge in [0.2, 0.25) is 0 Å². The van der Waals surface area contributed by atoms with Gasteiger partial charge in [-0.25, -0.2) is 8.78 Å². The molecule has 0 radical (unpaired) electrons. The van der Waals surface area contributed by atoms with Gasteiger partial charge in [0.15, 0.2) is 0 Å². The number of hydrogen-bond acceptors (Lipinski definition) is 2. The first kappa shape index (κ1) is 11.4. The Bertz CT molecular complexity index is 329. The van der Waals surface area contributed by atoms with Crippen LogP contribution in [0.4, 0.5) is 14.5 Å². The third-order valence-electron chi connectivity index (χ3n) is 1.21. The first-order valence-corrected chi connectivity index (χ1v) is 3.79. The molecule has 0 heterocycles. The van der Waals surface area contributed by atoms with Crippen molar-refractivity contribution in [3.8, 4) is 6.07 Å². The van der Waals surface area contributed by atoms with Crippen molar-refractivity contribution in [2.45, 2.75) is 13.8 Å². The number of anilines is 1. The zero-order valence-electron chi connectivity index (χ0n) is 7.44. The highest BCUT2D eigenvalue weighted by Gasteiger charge is 2.05. The van der Waals surface area contributed by atoms with E-state index < -0.39 is 11.6 Å². The molecule has 0 bridgehead atoms. The summed E-state index contributed by atoms with van der Waals surface area (Å²) >= 11 is 0. The molecule has 0 fully saturated rings. The van der Waals surface area contributed by atoms with Gasteiger partial charge in [-0.2, -0.15) is 5.26 Å². The quantitative estimate of drug-likeness (QED) is 0.629. The summed E-state index contributed by atoms with van der Waals surface area (Å²) in [5.41, 5.74) is 4.61. The molecule has 0 saturated carbocycles. The summed E-state index contributed by atoms with van der Waals surface area (Å²) in [5, 5.41) is 8.27. The molecule has 70 valence electrons. The van der Waals surface area contributed by atoms with Gasteiger partial charge in [-0.3, -0.25) is 0 Å². The van der Waals surface area contributed by atoms with Crippen LogP contribution in [0.25, 0.3) is 0 Å². The Balaban J connectivity index is 0.000000671. The molecular formula is C9H10F2N2. The van der Waals surface area contributed by atoms with E-state index in [0.717, 1.165) is 6.07 Å². The van der Waals surface area contributed by atoms with Crippen molar-refractivity contribution >= 4 is 5.69 Å². The number of benzene rings is 1. The third-order valence-corrected chi connectivity index (χ3v) is 1.21. The number of nitrogens with zero attached hydrogens (tertiary/aromatic N) is 1. The molecule has 0 aliphatic rings. The zero-order valence-corrected chi connectivity index (χ0v) is 7.44. The molecule has 13 heavy (non-hydrogen) atoms. The summed E-state index contributed by atoms with van der Waals surface area (Å²) in [6, 6.07) is 3.10. The Labute approximate surface area is 75.6 Å². The molecule has 1 aromatic rings. The standard InChI is InChI=1S/C7H4F2N2.C2H6/c8-5-2-6(9)7(11)1-4(5)3-10;1-2/h1-2H,11H2;1-2H3. The number of nitrogen functional groups attached to an aromatic ring is 1. The largest absolute Gasteiger partial charge is 0.396 e. The van der Waals surface area contributed by atoms with Gasteiger partial charge in [0.25, 0.3) is 0 Å². The van der Waals surface area contributed by atoms with E-state index in [2.05, 4.69) is 0 Å². The van der Waals surface area contributed by atoms with Crippen LogP contribution in [0.3, 0.4) is 0 Å². The van der Waals surface area contributed by atoms with Gasteiger partial charge in [-0.05, 0) is 6.07 Å². The molecule has 0 aliphatic heterocycles. The topological polar surface area (TPSA) is 49.8 Å². The van der Waals surface area contributed by atoms with Gasteiger partial charge in [0.05, 0.1) is 11.3 Å². The summed E-state index contributed by atoms with van der Waals surface area (Å²) < 4.78 is 24.9. The summed E-state index contributed by atoms with van der Waals surface area (Å²) in [7, 11) is 0. The average Bonchev–Trinajstić information content (AvgIpc) is 2.15. The van der Waals surface area contributed by atoms with Crippen molar-refractivity contribution in [3.05, 3.63) is 29.3 Å². The van der Waals surface area contributed by atoms with Crippen LogP contribution in [0.5, 0.6) is 0 Å². The molecule has 0 atom stereocenters. The third kappa shape index (κ3) is 2.71. The number of rotatable bonds is 0. The van der Waals surface area contributed by atoms with E-state index in [4.69, 9.17) is 11.0 Å². The van der Waals surface area contributed by atoms with Gasteiger partial charge < -0.3 is 5.73 Å². The van der Waals surface area contributed by atoms with E-state index in [1.54, 1.807) is 6.07 Å². The van der Waals surface area contributed by atoms with Crippen molar-refractivity contribution in [1.82, 2.24) is 0 Å². The Morgan fingerprint density at radius 1 is 1.23 bits per heavy atom. The highest BCUT2D eigenvalue weighted by Crippen LogP contribution is 2.15. The Morgan fingerprint density at radius 2 is 1.77 bits per heavy atom. The Hall–Kier alpha value is -1.63. The lowest BCUT2D eigenvalue weighted by molar-refractivity contribution is 0.584. The monoisotopic (exact) mass is 184 g/mol. The highest BCUT2D eigenvalue weighted by atomic mass is 19.1. The number of halogens is 2. The van der Waals surface area contributed by atoms with E-state index in [9.17, 15) is 8.78 Å². The lowest BCUT2D eigenvalue weighted by atomic mass is 10.2. The fourth-order valence-corrected chi connectivity index (χ4v) is 0.651. The first-order chi connectivity index (χ1) is 6.15. The molecule has 0 aliphatic carbocycles. The number of nitriles is 1. The minimum absolute atomic E-state index is 0.219. The van der Waals surface area contributed by atoms with Crippen molar-refractivity contribution < 1.29 is 8.78 Å². The number of hydrogen-bond donors (Lipinski definition) is 1. The second kappa shape index (κ2) is 5.09. The van der Waals surface area contributed by atoms with E-state index in [0.29, 0.717) is 6.07 Å². The van der Waals surface area contributed by atoms with Crippen LogP contribution in [-0.2, 0) is 0 Å². The Morgan fingerprint density at radius 3 is 2.23 bits per heavy atom. The maximum absolute atomic E-state index is 12.5. The van der Waals surface area contributed by atoms with Gasteiger partial charge in [0.1, 0.15) is 17.7 Å². The predicted molar refractivity (Wildman–Crippen MR) is 46.8 cm³/mol. The summed E-state index contributed by atoms with van der Waals surface area (Å²) in [4.78, 5) is 0. The van der Waals surface area contributed by atoms with Crippen LogP contribution in [0.2, 0.25) is 0 Å². The Kier molecular flexibility index (Phi) is 4.45. The summed E-state index contributed by atoms with van der Waals surface area (Å²) in [5.74, 6) is -1.74. The summed E-state index contributed by atoms with van der Waals surface area (Å²) in [6.07, 6.45) is 0. The molecule has 2 N–H and O–H groups in total. The van der Waals surface area contributed by atoms with Crippen molar-refractivity contribution in [1.29, 1.82) is 5.26 Å². The fraction of sp³-hybridized carbons (Fsp3) is 0.222. The SMILES string of the molecule is CC.N#Cc1cc(N)c(F)cc1F. The van der Waals surface area contributed by atoms with Crippen LogP contribution < -0.4 is 5.73 Å². The molecule has 4 heteroatoms. The molecular weight excluding hydrogens is 174 g/mol. The minimum atomic E-state index is -0.890. The van der Waals surface area contributed by atoms with Gasteiger partial charge in [-0.15, -0.1) is 0 Å². The lowest BCUT2D eigenvalue weighted by Gasteiger charge is -1.96. The van der Waals surface area contributed by atoms with Gasteiger partial charge in [0, 0.05) is 6.07 Å². The van der Waals surface area contributed by atoms with Crippen LogP contribution in [0.1, 0.15) is 19.4 Å². The predicted octanol–water partition coefficient (Wildman–Crippen LogP) is 2.44. The van der Waals surface area contributed by atoms with Gasteiger partial charge in [-0.1, -0.05) is 13.8 Å². The second-order valence-electron chi connectivity index (χ2n) is 1.97. The highest BCUT2D eigenvalue weighted by molar-refractivity contribution is 5.47. The maximum atomic E-state index is 12.5. The van der Waals surface area contributed by atoms with Gasteiger partial charge >= 0.3 is 0 Å². The second-order valence-corrected chi connectivity index (χ2v) is 1.97. The van der Waals surface area contributed by atoms with E-state index in [1.165, 1.54) is 0 Å². The minimum Gasteiger partial charge on any atom is -0.396 e. The smallest absolute Gasteiger partial charge is 0.149 e. The van der Waals surface area contributed by atoms with Crippen LogP contribution in [0.15, 0.2) is 12.1 Å². The molecule has 0 unspecified atom stereocenters. The van der Waals surface area contributed by atoms with E-state index in [1.807, 2.05) is 13.8 Å². The maximum Gasteiger partial charge on any atom is 0.149 e. The normalized spacial score (nSPS) is 8.23. The van der Waals surface area contributed by atoms with Crippen LogP contribution in [0, 0.1) is 23.0 Å². The van der Waals surface area contributed by atoms with Crippen molar-refractivity contribution in [2.75, 3.05) is 5.73 Å². The molecule has 0 saturated heterocycles. The molecule has 1 rings (SSSR count). The van der Waals surface area contributed by atoms with E-state index in [-0.39, 0.29) is 11.3 Å². The lowest BCUT2D eigenvalue weighted by Crippen LogP contribution is -1.94. The van der Waals surface area contributed by atoms with Crippen molar-refractivity contribution in [3.63, 3.8) is 0 Å². The average molecular weight is 184 g/mol. The molecule has 0 amide bonds. The molecule has 0 aromatic heterocycles. The van der Waals surface area contributed by atoms with Crippen molar-refractivity contribution in [2.24, 2.45) is 0 Å². The fourth-order valence-electron chi connectivity index (χ4n) is 0.651. The van der Waals surface area contributed by atoms with Crippen LogP contribution >= 0.6 is 0 Å². The van der Waals surface area contributed by atoms with Crippen LogP contribution in [-0.4, -0.2) is 0 Å². The zero-order chi connectivity index (χ0) is 10.4. The summed E-state index contributed by atoms with van der Waals surface area (Å²) in [6.45, 7) is 4.00.